The van der Waals surface area contributed by atoms with Gasteiger partial charge in [0.2, 0.25) is 5.91 Å². The van der Waals surface area contributed by atoms with Gasteiger partial charge in [0.25, 0.3) is 0 Å². The highest BCUT2D eigenvalue weighted by Crippen LogP contribution is 1.80. The zero-order chi connectivity index (χ0) is 11.7. The zero-order valence-corrected chi connectivity index (χ0v) is 9.30. The lowest BCUT2D eigenvalue weighted by Gasteiger charge is -2.08. The molecule has 0 saturated carbocycles. The van der Waals surface area contributed by atoms with Crippen LogP contribution < -0.4 is 21.7 Å². The first-order chi connectivity index (χ1) is 7.02. The molecule has 0 aromatic heterocycles. The van der Waals surface area contributed by atoms with E-state index in [4.69, 9.17) is 5.73 Å². The molecule has 0 aliphatic carbocycles. The van der Waals surface area contributed by atoms with Gasteiger partial charge in [-0.3, -0.25) is 4.79 Å². The molecule has 0 rings (SSSR count). The normalized spacial score (nSPS) is 10.1. The first-order valence-corrected chi connectivity index (χ1v) is 5.05. The first-order valence-electron chi connectivity index (χ1n) is 5.05. The molecule has 6 nitrogen and oxygen atoms in total. The van der Waals surface area contributed by atoms with Crippen molar-refractivity contribution in [3.63, 3.8) is 0 Å². The van der Waals surface area contributed by atoms with Gasteiger partial charge in [0.05, 0.1) is 0 Å². The number of rotatable bonds is 7. The third-order valence-corrected chi connectivity index (χ3v) is 1.65. The molecule has 0 fully saturated rings. The van der Waals surface area contributed by atoms with Crippen LogP contribution in [0.3, 0.4) is 0 Å². The van der Waals surface area contributed by atoms with Crippen LogP contribution in [0.15, 0.2) is 0 Å². The summed E-state index contributed by atoms with van der Waals surface area (Å²) in [7, 11) is 0. The monoisotopic (exact) mass is 216 g/mol. The standard InChI is InChI=1S/C9H20N4O2/c1-7(2)11-4-3-8(14)12-5-6-13-9(10)15/h7,11H,3-6H2,1-2H3,(H,12,14)(H3,10,13,15). The molecular formula is C9H20N4O2. The van der Waals surface area contributed by atoms with Crippen LogP contribution >= 0.6 is 0 Å². The summed E-state index contributed by atoms with van der Waals surface area (Å²) in [6.45, 7) is 5.47. The van der Waals surface area contributed by atoms with Gasteiger partial charge in [0.15, 0.2) is 0 Å². The Balaban J connectivity index is 3.30. The lowest BCUT2D eigenvalue weighted by Crippen LogP contribution is -2.38. The highest BCUT2D eigenvalue weighted by molar-refractivity contribution is 5.76. The number of hydrogen-bond donors (Lipinski definition) is 4. The van der Waals surface area contributed by atoms with E-state index < -0.39 is 6.03 Å². The fraction of sp³-hybridized carbons (Fsp3) is 0.778. The number of nitrogens with one attached hydrogen (secondary N) is 3. The Morgan fingerprint density at radius 1 is 1.13 bits per heavy atom. The average Bonchev–Trinajstić information content (AvgIpc) is 2.11. The maximum Gasteiger partial charge on any atom is 0.312 e. The van der Waals surface area contributed by atoms with E-state index in [1.807, 2.05) is 13.8 Å². The van der Waals surface area contributed by atoms with E-state index in [1.165, 1.54) is 0 Å². The highest BCUT2D eigenvalue weighted by atomic mass is 16.2. The van der Waals surface area contributed by atoms with Crippen LogP contribution in [0.4, 0.5) is 4.79 Å². The highest BCUT2D eigenvalue weighted by Gasteiger charge is 2.00. The number of urea groups is 1. The molecule has 0 aromatic rings. The third-order valence-electron chi connectivity index (χ3n) is 1.65. The maximum absolute atomic E-state index is 11.2. The summed E-state index contributed by atoms with van der Waals surface area (Å²) in [4.78, 5) is 21.5. The Kier molecular flexibility index (Phi) is 7.35. The van der Waals surface area contributed by atoms with Gasteiger partial charge >= 0.3 is 6.03 Å². The molecule has 0 aliphatic heterocycles. The molecule has 0 spiro atoms. The number of nitrogens with two attached hydrogens (primary N) is 1. The molecule has 5 N–H and O–H groups in total. The predicted molar refractivity (Wildman–Crippen MR) is 58.4 cm³/mol. The molecule has 88 valence electrons. The number of carbonyl (C=O) groups excluding carboxylic acids is 2. The molecule has 0 aromatic carbocycles. The average molecular weight is 216 g/mol. The smallest absolute Gasteiger partial charge is 0.312 e. The van der Waals surface area contributed by atoms with Crippen LogP contribution in [0, 0.1) is 0 Å². The van der Waals surface area contributed by atoms with E-state index in [0.717, 1.165) is 0 Å². The molecule has 0 atom stereocenters. The SMILES string of the molecule is CC(C)NCCC(=O)NCCNC(N)=O. The molecule has 15 heavy (non-hydrogen) atoms. The predicted octanol–water partition coefficient (Wildman–Crippen LogP) is -0.841. The number of primary amides is 1. The molecular weight excluding hydrogens is 196 g/mol. The Hall–Kier alpha value is -1.30. The Bertz CT molecular complexity index is 206. The Labute approximate surface area is 90.0 Å². The molecule has 0 unspecified atom stereocenters. The minimum atomic E-state index is -0.578. The number of hydrogen-bond acceptors (Lipinski definition) is 3. The quantitative estimate of drug-likeness (QED) is 0.418. The van der Waals surface area contributed by atoms with E-state index in [-0.39, 0.29) is 5.91 Å². The minimum absolute atomic E-state index is 0.0329. The largest absolute Gasteiger partial charge is 0.354 e. The van der Waals surface area contributed by atoms with Crippen molar-refractivity contribution in [2.75, 3.05) is 19.6 Å². The molecule has 6 heteroatoms. The topological polar surface area (TPSA) is 96.2 Å². The molecule has 0 aliphatic rings. The molecule has 0 saturated heterocycles. The van der Waals surface area contributed by atoms with Crippen LogP contribution in [-0.2, 0) is 4.79 Å². The van der Waals surface area contributed by atoms with Crippen LogP contribution in [0.1, 0.15) is 20.3 Å². The molecule has 0 bridgehead atoms. The van der Waals surface area contributed by atoms with Crippen molar-refractivity contribution in [3.8, 4) is 0 Å². The summed E-state index contributed by atoms with van der Waals surface area (Å²) < 4.78 is 0. The molecule has 3 amide bonds. The summed E-state index contributed by atoms with van der Waals surface area (Å²) in [5, 5.41) is 8.18. The van der Waals surface area contributed by atoms with Gasteiger partial charge < -0.3 is 21.7 Å². The van der Waals surface area contributed by atoms with Gasteiger partial charge in [0, 0.05) is 32.1 Å². The van der Waals surface area contributed by atoms with E-state index in [0.29, 0.717) is 32.1 Å². The van der Waals surface area contributed by atoms with Gasteiger partial charge in [-0.25, -0.2) is 4.79 Å². The van der Waals surface area contributed by atoms with Crippen LogP contribution in [0.5, 0.6) is 0 Å². The third kappa shape index (κ3) is 10.6. The van der Waals surface area contributed by atoms with Crippen LogP contribution in [0.25, 0.3) is 0 Å². The Morgan fingerprint density at radius 3 is 2.27 bits per heavy atom. The number of carbonyl (C=O) groups is 2. The van der Waals surface area contributed by atoms with Gasteiger partial charge in [-0.05, 0) is 0 Å². The van der Waals surface area contributed by atoms with Gasteiger partial charge in [-0.15, -0.1) is 0 Å². The lowest BCUT2D eigenvalue weighted by molar-refractivity contribution is -0.120. The zero-order valence-electron chi connectivity index (χ0n) is 9.30. The van der Waals surface area contributed by atoms with Crippen molar-refractivity contribution in [2.24, 2.45) is 5.73 Å². The second-order valence-corrected chi connectivity index (χ2v) is 3.50. The minimum Gasteiger partial charge on any atom is -0.354 e. The van der Waals surface area contributed by atoms with E-state index in [2.05, 4.69) is 16.0 Å². The molecule has 0 radical (unpaired) electrons. The summed E-state index contributed by atoms with van der Waals surface area (Å²) in [5.74, 6) is -0.0329. The summed E-state index contributed by atoms with van der Waals surface area (Å²) in [6, 6.07) is -0.194. The summed E-state index contributed by atoms with van der Waals surface area (Å²) >= 11 is 0. The van der Waals surface area contributed by atoms with Crippen molar-refractivity contribution in [1.82, 2.24) is 16.0 Å². The summed E-state index contributed by atoms with van der Waals surface area (Å²) in [6.07, 6.45) is 0.439. The van der Waals surface area contributed by atoms with E-state index in [1.54, 1.807) is 0 Å². The van der Waals surface area contributed by atoms with Crippen LogP contribution in [0.2, 0.25) is 0 Å². The summed E-state index contributed by atoms with van der Waals surface area (Å²) in [5.41, 5.74) is 4.85. The van der Waals surface area contributed by atoms with E-state index >= 15 is 0 Å². The van der Waals surface area contributed by atoms with Crippen molar-refractivity contribution < 1.29 is 9.59 Å². The van der Waals surface area contributed by atoms with Crippen molar-refractivity contribution in [2.45, 2.75) is 26.3 Å². The second kappa shape index (κ2) is 8.05. The second-order valence-electron chi connectivity index (χ2n) is 3.50. The van der Waals surface area contributed by atoms with Crippen molar-refractivity contribution in [3.05, 3.63) is 0 Å². The Morgan fingerprint density at radius 2 is 1.73 bits per heavy atom. The fourth-order valence-electron chi connectivity index (χ4n) is 0.950. The van der Waals surface area contributed by atoms with Gasteiger partial charge in [-0.1, -0.05) is 13.8 Å². The van der Waals surface area contributed by atoms with Crippen LogP contribution in [-0.4, -0.2) is 37.6 Å². The molecule has 0 heterocycles. The van der Waals surface area contributed by atoms with Crippen molar-refractivity contribution >= 4 is 11.9 Å². The lowest BCUT2D eigenvalue weighted by atomic mass is 10.3. The maximum atomic E-state index is 11.2. The van der Waals surface area contributed by atoms with Crippen molar-refractivity contribution in [1.29, 1.82) is 0 Å². The fourth-order valence-corrected chi connectivity index (χ4v) is 0.950. The number of amides is 3. The van der Waals surface area contributed by atoms with E-state index in [9.17, 15) is 9.59 Å². The first kappa shape index (κ1) is 13.7. The van der Waals surface area contributed by atoms with Gasteiger partial charge in [0.1, 0.15) is 0 Å². The van der Waals surface area contributed by atoms with Gasteiger partial charge in [-0.2, -0.15) is 0 Å².